The number of ether oxygens (including phenoxy) is 22. The van der Waals surface area contributed by atoms with E-state index in [9.17, 15) is 143 Å². The van der Waals surface area contributed by atoms with Crippen molar-refractivity contribution in [3.8, 4) is 0 Å². The van der Waals surface area contributed by atoms with Crippen LogP contribution in [-0.4, -0.2) is 524 Å². The minimum atomic E-state index is -2.29. The molecule has 50 nitrogen and oxygen atoms in total. The lowest BCUT2D eigenvalue weighted by molar-refractivity contribution is -0.402. The molecule has 11 fully saturated rings. The van der Waals surface area contributed by atoms with Gasteiger partial charge < -0.3 is 247 Å². The van der Waals surface area contributed by atoms with Gasteiger partial charge in [-0.3, -0.25) is 0 Å². The third-order valence-electron chi connectivity index (χ3n) is 20.9. The van der Waals surface area contributed by atoms with Crippen LogP contribution in [0.3, 0.4) is 0 Å². The first-order chi connectivity index (χ1) is 52.8. The van der Waals surface area contributed by atoms with Crippen molar-refractivity contribution in [1.82, 2.24) is 0 Å². The molecule has 0 bridgehead atoms. The molecule has 0 aromatic heterocycles. The number of rotatable bonds is 26. The predicted molar refractivity (Wildman–Crippen MR) is 331 cm³/mol. The molecule has 11 heterocycles. The Morgan fingerprint density at radius 3 is 0.739 bits per heavy atom. The minimum Gasteiger partial charge on any atom is -0.394 e. The molecule has 0 aromatic carbocycles. The van der Waals surface area contributed by atoms with E-state index in [1.54, 1.807) is 0 Å². The van der Waals surface area contributed by atoms with Crippen LogP contribution in [0.1, 0.15) is 0 Å². The largest absolute Gasteiger partial charge is 0.394 e. The molecule has 0 unspecified atom stereocenters. The van der Waals surface area contributed by atoms with E-state index in [0.29, 0.717) is 0 Å². The standard InChI is InChI=1S/C61H102O50/c1-90-50-40(89)61(110-49-27(76)21(4-64)99-60(39(49)88)109-48-26(75)20(3-63)98-59(38(48)87)107-46-22(5-65)100-58(32(81)29(46)78)111-57-31(80)28(77)25(74)19(2-62)97-57)101-23(6-66)47(50)108-56-37(86)45(18(72)12-96-56)106-55-36(85)44(17(71)11-95-55)105-54-35(84)43(16(70)10-94-54)104-53-34(83)42(15(69)9-93-53)103-52-33(82)41(14(68)8-92-52)102-51-30(79)24(73)13(67)7-91-51/h13-89H,2-12H2,1H3/t13-,14-,15-,16-,17-,18-,19+,20+,21+,22+,23-,24+,25+,26+,27-,28-,29+,30-,31+,32+,33-,34-,35-,36-,37-,38+,39+,40+,41+,42+,43+,44+,45+,46+,47-,48-,49-,50-,51+,52+,53+,54+,55+,56+,57+,58+,59-,60-,61-/m0/s1. The van der Waals surface area contributed by atoms with Gasteiger partial charge in [-0.15, -0.1) is 0 Å². The number of hydrogen-bond acceptors (Lipinski definition) is 50. The Kier molecular flexibility index (Phi) is 31.6. The maximum absolute atomic E-state index is 11.8. The lowest BCUT2D eigenvalue weighted by Gasteiger charge is -2.50. The highest BCUT2D eigenvalue weighted by Crippen LogP contribution is 2.40. The molecule has 646 valence electrons. The minimum absolute atomic E-state index is 0.493. The zero-order valence-electron chi connectivity index (χ0n) is 58.6. The van der Waals surface area contributed by atoms with Crippen molar-refractivity contribution < 1.29 is 247 Å². The number of aliphatic hydroxyl groups excluding tert-OH is 28. The van der Waals surface area contributed by atoms with Gasteiger partial charge in [0.1, 0.15) is 232 Å². The molecule has 0 radical (unpaired) electrons. The summed E-state index contributed by atoms with van der Waals surface area (Å²) in [5.74, 6) is 0. The molecule has 0 aliphatic carbocycles. The van der Waals surface area contributed by atoms with Crippen LogP contribution in [0.15, 0.2) is 0 Å². The molecule has 111 heavy (non-hydrogen) atoms. The molecule has 50 heteroatoms. The summed E-state index contributed by atoms with van der Waals surface area (Å²) in [5.41, 5.74) is 0. The fourth-order valence-electron chi connectivity index (χ4n) is 14.5. The molecule has 0 spiro atoms. The van der Waals surface area contributed by atoms with Gasteiger partial charge in [-0.1, -0.05) is 0 Å². The maximum atomic E-state index is 11.8. The van der Waals surface area contributed by atoms with Crippen LogP contribution in [0, 0.1) is 0 Å². The smallest absolute Gasteiger partial charge is 0.189 e. The fraction of sp³-hybridized carbons (Fsp3) is 1.00. The van der Waals surface area contributed by atoms with Crippen molar-refractivity contribution in [3.05, 3.63) is 0 Å². The molecule has 11 saturated heterocycles. The monoisotopic (exact) mass is 1630 g/mol. The summed E-state index contributed by atoms with van der Waals surface area (Å²) < 4.78 is 124. The van der Waals surface area contributed by atoms with Gasteiger partial charge in [-0.25, -0.2) is 0 Å². The van der Waals surface area contributed by atoms with Crippen molar-refractivity contribution in [2.24, 2.45) is 0 Å². The molecule has 0 amide bonds. The fourth-order valence-corrected chi connectivity index (χ4v) is 14.5. The van der Waals surface area contributed by atoms with E-state index >= 15 is 0 Å². The zero-order valence-corrected chi connectivity index (χ0v) is 58.6. The van der Waals surface area contributed by atoms with Gasteiger partial charge in [0, 0.05) is 7.11 Å². The number of aliphatic hydroxyl groups is 28. The molecular weight excluding hydrogens is 1530 g/mol. The highest BCUT2D eigenvalue weighted by Gasteiger charge is 2.60. The second kappa shape index (κ2) is 39.0. The summed E-state index contributed by atoms with van der Waals surface area (Å²) in [6, 6.07) is 0. The van der Waals surface area contributed by atoms with E-state index in [0.717, 1.165) is 7.11 Å². The lowest BCUT2D eigenvalue weighted by atomic mass is 9.95. The molecule has 11 rings (SSSR count). The first kappa shape index (κ1) is 89.8. The van der Waals surface area contributed by atoms with Crippen LogP contribution in [0.5, 0.6) is 0 Å². The van der Waals surface area contributed by atoms with E-state index in [-0.39, 0.29) is 0 Å². The SMILES string of the molecule is CO[C@H]1[C@@H](O)[C@H](O[C@H]2[C@@H](O)[C@@H](CO)O[C@@H](O[C@@H]3[C@@H](O)[C@H](O[C@H]4[C@H](O)[C@@H](O)[C@@H](O[C@H]5O[C@H](CO)[C@@H](O)[C@H](O)[C@H]5O)O[C@@H]4CO)O[C@H](CO)[C@H]3O)[C@@H]2O)O[C@@H](CO)[C@@H]1O[C@H]1OC[C@H](O)[C@@H](O[C@H]2OC[C@H](O)[C@@H](O[C@H]3OC[C@H](O)[C@@H](O[C@H]4OC[C@H](O)[C@@H](O[C@H]5OC[C@H](O)[C@@H](O[C@H]6OC[C@H](O)[C@@H](O)[C@@H]6O)[C@@H]5O)[C@@H]4O)[C@@H]3O)[C@@H]2O)[C@@H]1O. The zero-order chi connectivity index (χ0) is 80.6. The summed E-state index contributed by atoms with van der Waals surface area (Å²) >= 11 is 0. The second-order valence-electron chi connectivity index (χ2n) is 28.3. The Bertz CT molecular complexity index is 2800. The first-order valence-corrected chi connectivity index (χ1v) is 35.5. The second-order valence-corrected chi connectivity index (χ2v) is 28.3. The van der Waals surface area contributed by atoms with Crippen molar-refractivity contribution in [2.75, 3.05) is 79.8 Å². The van der Waals surface area contributed by atoms with E-state index in [1.807, 2.05) is 0 Å². The third-order valence-corrected chi connectivity index (χ3v) is 20.9. The Morgan fingerprint density at radius 2 is 0.414 bits per heavy atom. The van der Waals surface area contributed by atoms with Gasteiger partial charge in [0.05, 0.1) is 72.7 Å². The molecule has 49 atom stereocenters. The summed E-state index contributed by atoms with van der Waals surface area (Å²) in [4.78, 5) is 0. The quantitative estimate of drug-likeness (QED) is 0.0382. The van der Waals surface area contributed by atoms with Crippen LogP contribution in [0.2, 0.25) is 0 Å². The maximum Gasteiger partial charge on any atom is 0.189 e. The summed E-state index contributed by atoms with van der Waals surface area (Å²) in [6.45, 7) is -8.95. The Balaban J connectivity index is 0.687. The highest BCUT2D eigenvalue weighted by molar-refractivity contribution is 5.02. The Morgan fingerprint density at radius 1 is 0.189 bits per heavy atom. The van der Waals surface area contributed by atoms with E-state index in [4.69, 9.17) is 104 Å². The van der Waals surface area contributed by atoms with Crippen LogP contribution in [-0.2, 0) is 104 Å². The predicted octanol–water partition coefficient (Wildman–Crippen LogP) is -20.5. The van der Waals surface area contributed by atoms with Crippen molar-refractivity contribution >= 4 is 0 Å². The van der Waals surface area contributed by atoms with E-state index < -0.39 is 374 Å². The van der Waals surface area contributed by atoms with Gasteiger partial charge in [-0.2, -0.15) is 0 Å². The van der Waals surface area contributed by atoms with Crippen LogP contribution < -0.4 is 0 Å². The normalized spacial score (nSPS) is 53.9. The van der Waals surface area contributed by atoms with Gasteiger partial charge in [0.25, 0.3) is 0 Å². The third kappa shape index (κ3) is 19.1. The van der Waals surface area contributed by atoms with Crippen molar-refractivity contribution in [3.63, 3.8) is 0 Å². The van der Waals surface area contributed by atoms with Gasteiger partial charge in [0.15, 0.2) is 69.2 Å². The summed E-state index contributed by atoms with van der Waals surface area (Å²) in [6.07, 6.45) is -93.0. The number of methoxy groups -OCH3 is 1. The number of hydrogen-bond donors (Lipinski definition) is 28. The average Bonchev–Trinajstić information content (AvgIpc) is 0.769. The van der Waals surface area contributed by atoms with Crippen LogP contribution in [0.4, 0.5) is 0 Å². The topological polar surface area (TPSA) is 770 Å². The Hall–Kier alpha value is -2.00. The van der Waals surface area contributed by atoms with Crippen LogP contribution >= 0.6 is 0 Å². The molecule has 0 saturated carbocycles. The summed E-state index contributed by atoms with van der Waals surface area (Å²) in [7, 11) is 1.04. The van der Waals surface area contributed by atoms with Gasteiger partial charge in [0.2, 0.25) is 0 Å². The first-order valence-electron chi connectivity index (χ1n) is 35.5. The van der Waals surface area contributed by atoms with Crippen molar-refractivity contribution in [2.45, 2.75) is 301 Å². The molecular formula is C61H102O50. The Labute approximate surface area is 626 Å². The van der Waals surface area contributed by atoms with E-state index in [2.05, 4.69) is 0 Å². The molecule has 11 aliphatic rings. The van der Waals surface area contributed by atoms with Crippen molar-refractivity contribution in [1.29, 1.82) is 0 Å². The molecule has 28 N–H and O–H groups in total. The highest BCUT2D eigenvalue weighted by atomic mass is 16.8. The van der Waals surface area contributed by atoms with E-state index in [1.165, 1.54) is 0 Å². The summed E-state index contributed by atoms with van der Waals surface area (Å²) in [5, 5.41) is 306. The molecule has 11 aliphatic heterocycles. The molecule has 0 aromatic rings. The average molecular weight is 1640 g/mol. The van der Waals surface area contributed by atoms with Crippen LogP contribution in [0.25, 0.3) is 0 Å². The lowest BCUT2D eigenvalue weighted by Crippen LogP contribution is -2.68. The van der Waals surface area contributed by atoms with Gasteiger partial charge >= 0.3 is 0 Å². The van der Waals surface area contributed by atoms with Gasteiger partial charge in [-0.05, 0) is 0 Å².